The summed E-state index contributed by atoms with van der Waals surface area (Å²) in [6.45, 7) is 3.66. The van der Waals surface area contributed by atoms with Crippen molar-refractivity contribution < 1.29 is 19.1 Å². The van der Waals surface area contributed by atoms with Crippen molar-refractivity contribution in [3.8, 4) is 0 Å². The normalized spacial score (nSPS) is 10.2. The topological polar surface area (TPSA) is 59.1 Å². The van der Waals surface area contributed by atoms with Crippen LogP contribution in [0.4, 0.5) is 10.5 Å². The largest absolute Gasteiger partial charge is 0.452 e. The zero-order valence-corrected chi connectivity index (χ0v) is 12.5. The number of carbonyl (C=O) groups is 2. The maximum atomic E-state index is 12.2. The van der Waals surface area contributed by atoms with Crippen LogP contribution < -0.4 is 5.01 Å². The summed E-state index contributed by atoms with van der Waals surface area (Å²) in [6, 6.07) is 0. The van der Waals surface area contributed by atoms with Crippen molar-refractivity contribution in [1.82, 2.24) is 5.01 Å². The Morgan fingerprint density at radius 2 is 1.95 bits per heavy atom. The molecule has 7 heteroatoms. The second-order valence-corrected chi connectivity index (χ2v) is 5.04. The third-order valence-electron chi connectivity index (χ3n) is 2.57. The van der Waals surface area contributed by atoms with E-state index in [1.54, 1.807) is 0 Å². The number of hydrogen-bond donors (Lipinski definition) is 0. The lowest BCUT2D eigenvalue weighted by Gasteiger charge is -2.31. The van der Waals surface area contributed by atoms with Crippen molar-refractivity contribution in [3.63, 3.8) is 0 Å². The lowest BCUT2D eigenvalue weighted by atomic mass is 10.2. The maximum absolute atomic E-state index is 12.2. The van der Waals surface area contributed by atoms with Gasteiger partial charge in [-0.3, -0.25) is 4.79 Å². The Labute approximate surface area is 116 Å². The molecule has 0 spiro atoms. The number of aryl methyl sites for hydroxylation is 2. The third kappa shape index (κ3) is 3.24. The van der Waals surface area contributed by atoms with Gasteiger partial charge in [0.2, 0.25) is 0 Å². The molecule has 106 valence electrons. The van der Waals surface area contributed by atoms with Gasteiger partial charge >= 0.3 is 6.09 Å². The van der Waals surface area contributed by atoms with Crippen LogP contribution in [0.2, 0.25) is 0 Å². The monoisotopic (exact) mass is 286 g/mol. The molecule has 0 fully saturated rings. The molecule has 1 rings (SSSR count). The average molecular weight is 286 g/mol. The van der Waals surface area contributed by atoms with E-state index >= 15 is 0 Å². The number of hydrogen-bond acceptors (Lipinski definition) is 5. The Morgan fingerprint density at radius 1 is 1.32 bits per heavy atom. The highest BCUT2D eigenvalue weighted by molar-refractivity contribution is 7.10. The molecule has 0 bridgehead atoms. The number of ether oxygens (including phenoxy) is 2. The maximum Gasteiger partial charge on any atom is 0.428 e. The second kappa shape index (κ2) is 6.53. The summed E-state index contributed by atoms with van der Waals surface area (Å²) in [4.78, 5) is 24.8. The molecule has 1 heterocycles. The molecule has 6 nitrogen and oxygen atoms in total. The van der Waals surface area contributed by atoms with Crippen molar-refractivity contribution in [3.05, 3.63) is 15.8 Å². The molecule has 1 aromatic rings. The van der Waals surface area contributed by atoms with E-state index in [4.69, 9.17) is 4.74 Å². The Kier molecular flexibility index (Phi) is 5.31. The summed E-state index contributed by atoms with van der Waals surface area (Å²) in [5.74, 6) is -0.333. The van der Waals surface area contributed by atoms with Crippen LogP contribution in [0.3, 0.4) is 0 Å². The molecule has 0 unspecified atom stereocenters. The minimum Gasteiger partial charge on any atom is -0.452 e. The van der Waals surface area contributed by atoms with Crippen LogP contribution in [0.25, 0.3) is 0 Å². The number of thiophene rings is 1. The van der Waals surface area contributed by atoms with E-state index in [0.717, 1.165) is 15.4 Å². The van der Waals surface area contributed by atoms with Crippen molar-refractivity contribution >= 4 is 29.0 Å². The van der Waals surface area contributed by atoms with E-state index in [9.17, 15) is 9.59 Å². The zero-order valence-electron chi connectivity index (χ0n) is 11.7. The SMILES string of the molecule is COCC(=O)N(c1c(C)csc1C)N(C)C(=O)OC. The van der Waals surface area contributed by atoms with Crippen LogP contribution >= 0.6 is 11.3 Å². The van der Waals surface area contributed by atoms with Gasteiger partial charge in [-0.15, -0.1) is 11.3 Å². The molecule has 2 amide bonds. The highest BCUT2D eigenvalue weighted by Crippen LogP contribution is 2.31. The Hall–Kier alpha value is -1.60. The molecule has 0 N–H and O–H groups in total. The van der Waals surface area contributed by atoms with Gasteiger partial charge in [0.1, 0.15) is 6.61 Å². The molecule has 0 saturated carbocycles. The van der Waals surface area contributed by atoms with Gasteiger partial charge in [0.15, 0.2) is 0 Å². The van der Waals surface area contributed by atoms with Crippen LogP contribution in [0.1, 0.15) is 10.4 Å². The van der Waals surface area contributed by atoms with Crippen molar-refractivity contribution in [1.29, 1.82) is 0 Å². The first kappa shape index (κ1) is 15.5. The molecule has 0 saturated heterocycles. The standard InChI is InChI=1S/C12H18N2O4S/c1-8-7-19-9(2)11(8)14(10(15)6-17-4)13(3)12(16)18-5/h7H,6H2,1-5H3. The van der Waals surface area contributed by atoms with Gasteiger partial charge in [-0.1, -0.05) is 0 Å². The van der Waals surface area contributed by atoms with Crippen LogP contribution in [0, 0.1) is 13.8 Å². The smallest absolute Gasteiger partial charge is 0.428 e. The number of carbonyl (C=O) groups excluding carboxylic acids is 2. The van der Waals surface area contributed by atoms with Crippen molar-refractivity contribution in [2.24, 2.45) is 0 Å². The summed E-state index contributed by atoms with van der Waals surface area (Å²) < 4.78 is 9.51. The molecule has 0 aliphatic heterocycles. The first-order chi connectivity index (χ1) is 8.93. The number of methoxy groups -OCH3 is 2. The lowest BCUT2D eigenvalue weighted by molar-refractivity contribution is -0.124. The first-order valence-electron chi connectivity index (χ1n) is 5.62. The molecule has 19 heavy (non-hydrogen) atoms. The van der Waals surface area contributed by atoms with Gasteiger partial charge in [0, 0.05) is 19.0 Å². The van der Waals surface area contributed by atoms with Gasteiger partial charge in [-0.2, -0.15) is 0 Å². The summed E-state index contributed by atoms with van der Waals surface area (Å²) in [5, 5.41) is 4.36. The Balaban J connectivity index is 3.20. The minimum absolute atomic E-state index is 0.115. The predicted octanol–water partition coefficient (Wildman–Crippen LogP) is 1.96. The van der Waals surface area contributed by atoms with Gasteiger partial charge in [-0.05, 0) is 24.8 Å². The fraction of sp³-hybridized carbons (Fsp3) is 0.500. The summed E-state index contributed by atoms with van der Waals surface area (Å²) >= 11 is 1.52. The number of rotatable bonds is 3. The molecule has 0 aliphatic rings. The van der Waals surface area contributed by atoms with Crippen LogP contribution in [-0.2, 0) is 14.3 Å². The molecular formula is C12H18N2O4S. The number of anilines is 1. The van der Waals surface area contributed by atoms with E-state index in [0.29, 0.717) is 5.69 Å². The van der Waals surface area contributed by atoms with Gasteiger partial charge in [0.25, 0.3) is 5.91 Å². The lowest BCUT2D eigenvalue weighted by Crippen LogP contribution is -2.49. The first-order valence-corrected chi connectivity index (χ1v) is 6.50. The van der Waals surface area contributed by atoms with Gasteiger partial charge in [0.05, 0.1) is 12.8 Å². The number of nitrogens with zero attached hydrogens (tertiary/aromatic N) is 2. The van der Waals surface area contributed by atoms with Gasteiger partial charge in [-0.25, -0.2) is 14.8 Å². The number of amides is 2. The van der Waals surface area contributed by atoms with Crippen LogP contribution in [0.5, 0.6) is 0 Å². The quantitative estimate of drug-likeness (QED) is 0.797. The zero-order chi connectivity index (χ0) is 14.6. The Morgan fingerprint density at radius 3 is 2.37 bits per heavy atom. The average Bonchev–Trinajstić information content (AvgIpc) is 2.70. The molecule has 0 aliphatic carbocycles. The Bertz CT molecular complexity index is 453. The van der Waals surface area contributed by atoms with Crippen LogP contribution in [-0.4, -0.2) is 44.9 Å². The van der Waals surface area contributed by atoms with Gasteiger partial charge < -0.3 is 9.47 Å². The van der Waals surface area contributed by atoms with E-state index in [2.05, 4.69) is 4.74 Å². The second-order valence-electron chi connectivity index (χ2n) is 3.96. The van der Waals surface area contributed by atoms with E-state index in [1.807, 2.05) is 19.2 Å². The van der Waals surface area contributed by atoms with E-state index < -0.39 is 6.09 Å². The fourth-order valence-corrected chi connectivity index (χ4v) is 2.55. The van der Waals surface area contributed by atoms with Crippen LogP contribution in [0.15, 0.2) is 5.38 Å². The highest BCUT2D eigenvalue weighted by Gasteiger charge is 2.28. The van der Waals surface area contributed by atoms with Crippen molar-refractivity contribution in [2.75, 3.05) is 32.9 Å². The molecule has 0 atom stereocenters. The molecule has 1 aromatic heterocycles. The summed E-state index contributed by atoms with van der Waals surface area (Å²) in [6.07, 6.45) is -0.616. The minimum atomic E-state index is -0.616. The third-order valence-corrected chi connectivity index (χ3v) is 3.59. The number of hydrazine groups is 1. The molecular weight excluding hydrogens is 268 g/mol. The summed E-state index contributed by atoms with van der Waals surface area (Å²) in [7, 11) is 4.18. The highest BCUT2D eigenvalue weighted by atomic mass is 32.1. The molecule has 0 radical (unpaired) electrons. The fourth-order valence-electron chi connectivity index (χ4n) is 1.72. The molecule has 0 aromatic carbocycles. The van der Waals surface area contributed by atoms with E-state index in [-0.39, 0.29) is 12.5 Å². The predicted molar refractivity (Wildman–Crippen MR) is 73.3 cm³/mol. The van der Waals surface area contributed by atoms with E-state index in [1.165, 1.54) is 37.6 Å². The summed E-state index contributed by atoms with van der Waals surface area (Å²) in [5.41, 5.74) is 1.61. The van der Waals surface area contributed by atoms with Crippen molar-refractivity contribution in [2.45, 2.75) is 13.8 Å².